The molecule has 0 aliphatic carbocycles. The van der Waals surface area contributed by atoms with E-state index in [0.717, 1.165) is 0 Å². The quantitative estimate of drug-likeness (QED) is 0.747. The fourth-order valence-electron chi connectivity index (χ4n) is 0.659. The van der Waals surface area contributed by atoms with Crippen molar-refractivity contribution in [3.05, 3.63) is 6.92 Å². The van der Waals surface area contributed by atoms with E-state index < -0.39 is 0 Å². The van der Waals surface area contributed by atoms with Gasteiger partial charge in [-0.15, -0.1) is 0 Å². The standard InChI is InChI=1S/C9H16NO2.Y/c1-7(2)6-10-9(12)5-4-8(3)11;/h7H,3-6H2,1-2H3,(H,10,12);/q-1;. The molecule has 0 saturated heterocycles. The first-order chi connectivity index (χ1) is 5.52. The van der Waals surface area contributed by atoms with E-state index in [1.54, 1.807) is 0 Å². The fourth-order valence-corrected chi connectivity index (χ4v) is 0.659. The summed E-state index contributed by atoms with van der Waals surface area (Å²) < 4.78 is 0. The Morgan fingerprint density at radius 3 is 2.23 bits per heavy atom. The normalized spacial score (nSPS) is 9.15. The van der Waals surface area contributed by atoms with Gasteiger partial charge < -0.3 is 17.0 Å². The Bertz CT molecular complexity index is 169. The zero-order valence-electron chi connectivity index (χ0n) is 8.30. The minimum absolute atomic E-state index is 0. The molecule has 0 rings (SSSR count). The second-order valence-electron chi connectivity index (χ2n) is 3.24. The molecule has 0 aliphatic rings. The van der Waals surface area contributed by atoms with E-state index in [2.05, 4.69) is 12.2 Å². The third kappa shape index (κ3) is 12.1. The fraction of sp³-hybridized carbons (Fsp3) is 0.667. The van der Waals surface area contributed by atoms with Crippen LogP contribution in [0.15, 0.2) is 0 Å². The van der Waals surface area contributed by atoms with Crippen LogP contribution in [0.5, 0.6) is 0 Å². The third-order valence-corrected chi connectivity index (χ3v) is 1.34. The number of Topliss-reactive ketones (excluding diaryl/α,β-unsaturated/α-hetero) is 1. The van der Waals surface area contributed by atoms with Gasteiger partial charge in [0.25, 0.3) is 0 Å². The molecule has 0 unspecified atom stereocenters. The topological polar surface area (TPSA) is 46.2 Å². The van der Waals surface area contributed by atoms with Crippen molar-refractivity contribution in [1.82, 2.24) is 5.32 Å². The minimum Gasteiger partial charge on any atom is -0.356 e. The van der Waals surface area contributed by atoms with Gasteiger partial charge in [0.05, 0.1) is 0 Å². The number of carbonyl (C=O) groups is 2. The van der Waals surface area contributed by atoms with Crippen molar-refractivity contribution in [3.63, 3.8) is 0 Å². The van der Waals surface area contributed by atoms with Crippen LogP contribution in [0, 0.1) is 12.8 Å². The van der Waals surface area contributed by atoms with Crippen LogP contribution in [0.4, 0.5) is 0 Å². The second kappa shape index (κ2) is 8.70. The Morgan fingerprint density at radius 2 is 1.85 bits per heavy atom. The van der Waals surface area contributed by atoms with E-state index in [4.69, 9.17) is 0 Å². The van der Waals surface area contributed by atoms with Crippen LogP contribution >= 0.6 is 0 Å². The predicted octanol–water partition coefficient (Wildman–Crippen LogP) is 0.939. The van der Waals surface area contributed by atoms with Gasteiger partial charge in [-0.2, -0.15) is 0 Å². The van der Waals surface area contributed by atoms with Crippen molar-refractivity contribution < 1.29 is 42.3 Å². The molecule has 0 spiro atoms. The number of hydrogen-bond donors (Lipinski definition) is 1. The molecule has 1 radical (unpaired) electrons. The van der Waals surface area contributed by atoms with Crippen LogP contribution in [0.25, 0.3) is 0 Å². The van der Waals surface area contributed by atoms with Crippen LogP contribution in [-0.4, -0.2) is 18.2 Å². The van der Waals surface area contributed by atoms with Gasteiger partial charge in [-0.05, 0) is 18.1 Å². The molecule has 0 heterocycles. The molecule has 1 amide bonds. The van der Waals surface area contributed by atoms with E-state index in [1.807, 2.05) is 13.8 Å². The Balaban J connectivity index is 0. The van der Waals surface area contributed by atoms with Crippen LogP contribution in [0.2, 0.25) is 0 Å². The van der Waals surface area contributed by atoms with Gasteiger partial charge >= 0.3 is 0 Å². The molecule has 0 aromatic heterocycles. The maximum Gasteiger partial charge on any atom is 0.220 e. The molecule has 0 bridgehead atoms. The van der Waals surface area contributed by atoms with E-state index in [0.29, 0.717) is 12.5 Å². The summed E-state index contributed by atoms with van der Waals surface area (Å²) in [6.07, 6.45) is 0.499. The molecule has 0 saturated carbocycles. The van der Waals surface area contributed by atoms with E-state index >= 15 is 0 Å². The molecule has 3 nitrogen and oxygen atoms in total. The summed E-state index contributed by atoms with van der Waals surface area (Å²) in [5.74, 6) is 0.194. The van der Waals surface area contributed by atoms with Gasteiger partial charge in [0.2, 0.25) is 5.91 Å². The van der Waals surface area contributed by atoms with Crippen LogP contribution in [-0.2, 0) is 42.3 Å². The number of rotatable bonds is 5. The van der Waals surface area contributed by atoms with Crippen molar-refractivity contribution >= 4 is 11.7 Å². The summed E-state index contributed by atoms with van der Waals surface area (Å²) in [4.78, 5) is 21.4. The first-order valence-corrected chi connectivity index (χ1v) is 4.14. The van der Waals surface area contributed by atoms with Crippen molar-refractivity contribution in [3.8, 4) is 0 Å². The van der Waals surface area contributed by atoms with Crippen molar-refractivity contribution in [2.24, 2.45) is 5.92 Å². The Hall–Kier alpha value is 0.114. The maximum absolute atomic E-state index is 11.0. The van der Waals surface area contributed by atoms with Crippen LogP contribution in [0.1, 0.15) is 26.7 Å². The summed E-state index contributed by atoms with van der Waals surface area (Å²) in [6.45, 7) is 7.90. The van der Waals surface area contributed by atoms with Crippen molar-refractivity contribution in [1.29, 1.82) is 0 Å². The Labute approximate surface area is 105 Å². The van der Waals surface area contributed by atoms with E-state index in [1.165, 1.54) is 0 Å². The average molecular weight is 259 g/mol. The van der Waals surface area contributed by atoms with Gasteiger partial charge in [0.1, 0.15) is 0 Å². The molecule has 73 valence electrons. The van der Waals surface area contributed by atoms with Crippen LogP contribution in [0.3, 0.4) is 0 Å². The predicted molar refractivity (Wildman–Crippen MR) is 47.4 cm³/mol. The van der Waals surface area contributed by atoms with Crippen molar-refractivity contribution in [2.45, 2.75) is 26.7 Å². The number of nitrogens with one attached hydrogen (secondary N) is 1. The first-order valence-electron chi connectivity index (χ1n) is 4.14. The van der Waals surface area contributed by atoms with Gasteiger partial charge in [0.15, 0.2) is 0 Å². The number of amides is 1. The summed E-state index contributed by atoms with van der Waals surface area (Å²) in [7, 11) is 0. The zero-order chi connectivity index (χ0) is 9.56. The molecule has 0 aromatic rings. The van der Waals surface area contributed by atoms with Gasteiger partial charge in [-0.25, -0.2) is 0 Å². The number of ketones is 1. The SMILES string of the molecule is [CH2-]C(=O)CCC(=O)NCC(C)C.[Y]. The molecule has 1 N–H and O–H groups in total. The van der Waals surface area contributed by atoms with Gasteiger partial charge in [-0.3, -0.25) is 4.79 Å². The minimum atomic E-state index is -0.185. The summed E-state index contributed by atoms with van der Waals surface area (Å²) in [5, 5.41) is 2.72. The first kappa shape index (κ1) is 15.6. The maximum atomic E-state index is 11.0. The molecular formula is C9H16NO2Y-. The molecule has 13 heavy (non-hydrogen) atoms. The summed E-state index contributed by atoms with van der Waals surface area (Å²) in [5.41, 5.74) is 0. The van der Waals surface area contributed by atoms with Crippen LogP contribution < -0.4 is 5.32 Å². The molecule has 0 atom stereocenters. The molecule has 0 fully saturated rings. The molecule has 0 aliphatic heterocycles. The average Bonchev–Trinajstić information content (AvgIpc) is 1.96. The number of carbonyl (C=O) groups excluding carboxylic acids is 2. The number of hydrogen-bond acceptors (Lipinski definition) is 2. The zero-order valence-corrected chi connectivity index (χ0v) is 11.1. The second-order valence-corrected chi connectivity index (χ2v) is 3.24. The van der Waals surface area contributed by atoms with Crippen molar-refractivity contribution in [2.75, 3.05) is 6.54 Å². The molecule has 4 heteroatoms. The smallest absolute Gasteiger partial charge is 0.220 e. The largest absolute Gasteiger partial charge is 0.356 e. The Kier molecular flexibility index (Phi) is 10.4. The van der Waals surface area contributed by atoms with Gasteiger partial charge in [0, 0.05) is 45.7 Å². The van der Waals surface area contributed by atoms with E-state index in [9.17, 15) is 9.59 Å². The third-order valence-electron chi connectivity index (χ3n) is 1.34. The molecule has 0 aromatic carbocycles. The molecular weight excluding hydrogens is 243 g/mol. The van der Waals surface area contributed by atoms with Gasteiger partial charge in [-0.1, -0.05) is 13.8 Å². The monoisotopic (exact) mass is 259 g/mol. The summed E-state index contributed by atoms with van der Waals surface area (Å²) >= 11 is 0. The van der Waals surface area contributed by atoms with E-state index in [-0.39, 0.29) is 57.2 Å². The Morgan fingerprint density at radius 1 is 1.31 bits per heavy atom. The summed E-state index contributed by atoms with van der Waals surface area (Å²) in [6, 6.07) is 0.